The highest BCUT2D eigenvalue weighted by atomic mass is 32.2. The molecular weight excluding hydrogens is 292 g/mol. The van der Waals surface area contributed by atoms with Crippen LogP contribution in [0.2, 0.25) is 0 Å². The van der Waals surface area contributed by atoms with Crippen molar-refractivity contribution < 1.29 is 13.2 Å². The molecule has 0 aliphatic rings. The normalized spacial score (nSPS) is 10.9. The number of urea groups is 1. The van der Waals surface area contributed by atoms with Gasteiger partial charge in [-0.25, -0.2) is 22.9 Å². The van der Waals surface area contributed by atoms with Gasteiger partial charge in [-0.3, -0.25) is 0 Å². The van der Waals surface area contributed by atoms with E-state index in [1.807, 2.05) is 19.1 Å². The van der Waals surface area contributed by atoms with Gasteiger partial charge in [0.25, 0.3) is 10.0 Å². The lowest BCUT2D eigenvalue weighted by molar-refractivity contribution is 0.253. The van der Waals surface area contributed by atoms with E-state index in [0.29, 0.717) is 5.69 Å². The van der Waals surface area contributed by atoms with Crippen molar-refractivity contribution >= 4 is 27.6 Å². The summed E-state index contributed by atoms with van der Waals surface area (Å²) in [7, 11) is -4.07. The zero-order valence-corrected chi connectivity index (χ0v) is 12.0. The number of pyridine rings is 1. The highest BCUT2D eigenvalue weighted by molar-refractivity contribution is 7.90. The number of carbonyl (C=O) groups is 1. The standard InChI is InChI=1S/C13H14N4O3S/c1-9-4-6-10(7-5-9)16-12-11(3-2-8-15-12)21(19,20)17-13(14)18/h2-8H,1H3,(H,15,16)(H3,14,17,18). The molecule has 0 atom stereocenters. The van der Waals surface area contributed by atoms with Gasteiger partial charge < -0.3 is 11.1 Å². The Hall–Kier alpha value is -2.61. The lowest BCUT2D eigenvalue weighted by Gasteiger charge is -2.11. The van der Waals surface area contributed by atoms with Gasteiger partial charge in [0.05, 0.1) is 0 Å². The number of nitrogens with one attached hydrogen (secondary N) is 2. The highest BCUT2D eigenvalue weighted by Crippen LogP contribution is 2.22. The minimum Gasteiger partial charge on any atom is -0.351 e. The minimum absolute atomic E-state index is 0.107. The molecule has 1 aromatic carbocycles. The average Bonchev–Trinajstić information content (AvgIpc) is 2.40. The third kappa shape index (κ3) is 3.69. The second-order valence-corrected chi connectivity index (χ2v) is 5.96. The molecule has 8 heteroatoms. The largest absolute Gasteiger partial charge is 0.351 e. The van der Waals surface area contributed by atoms with Crippen molar-refractivity contribution in [2.75, 3.05) is 5.32 Å². The van der Waals surface area contributed by atoms with E-state index in [1.54, 1.807) is 16.9 Å². The Bertz CT molecular complexity index is 757. The minimum atomic E-state index is -4.07. The number of nitrogens with two attached hydrogens (primary N) is 1. The van der Waals surface area contributed by atoms with Gasteiger partial charge in [0.1, 0.15) is 4.90 Å². The smallest absolute Gasteiger partial charge is 0.326 e. The van der Waals surface area contributed by atoms with Crippen LogP contribution in [-0.2, 0) is 10.0 Å². The molecule has 2 rings (SSSR count). The SMILES string of the molecule is Cc1ccc(Nc2ncccc2S(=O)(=O)NC(N)=O)cc1. The number of amides is 2. The van der Waals surface area contributed by atoms with Crippen molar-refractivity contribution in [2.24, 2.45) is 5.73 Å². The van der Waals surface area contributed by atoms with E-state index >= 15 is 0 Å². The summed E-state index contributed by atoms with van der Waals surface area (Å²) in [6.07, 6.45) is 1.44. The molecule has 0 fully saturated rings. The quantitative estimate of drug-likeness (QED) is 0.791. The third-order valence-corrected chi connectivity index (χ3v) is 3.99. The summed E-state index contributed by atoms with van der Waals surface area (Å²) in [6.45, 7) is 1.94. The van der Waals surface area contributed by atoms with E-state index in [0.717, 1.165) is 5.56 Å². The van der Waals surface area contributed by atoms with Crippen molar-refractivity contribution in [1.29, 1.82) is 0 Å². The molecule has 0 saturated carbocycles. The maximum atomic E-state index is 12.0. The molecule has 0 spiro atoms. The van der Waals surface area contributed by atoms with Gasteiger partial charge in [-0.1, -0.05) is 17.7 Å². The van der Waals surface area contributed by atoms with Gasteiger partial charge in [0.15, 0.2) is 5.82 Å². The third-order valence-electron chi connectivity index (χ3n) is 2.61. The van der Waals surface area contributed by atoms with Crippen LogP contribution in [0.3, 0.4) is 0 Å². The molecule has 110 valence electrons. The molecule has 1 aromatic heterocycles. The zero-order chi connectivity index (χ0) is 15.5. The summed E-state index contributed by atoms with van der Waals surface area (Å²) in [4.78, 5) is 14.6. The number of aromatic nitrogens is 1. The van der Waals surface area contributed by atoms with Crippen LogP contribution < -0.4 is 15.8 Å². The molecule has 0 saturated heterocycles. The predicted octanol–water partition coefficient (Wildman–Crippen LogP) is 1.49. The fourth-order valence-corrected chi connectivity index (χ4v) is 2.65. The van der Waals surface area contributed by atoms with Crippen molar-refractivity contribution in [1.82, 2.24) is 9.71 Å². The lowest BCUT2D eigenvalue weighted by atomic mass is 10.2. The monoisotopic (exact) mass is 306 g/mol. The van der Waals surface area contributed by atoms with Crippen molar-refractivity contribution in [2.45, 2.75) is 11.8 Å². The maximum Gasteiger partial charge on any atom is 0.326 e. The van der Waals surface area contributed by atoms with Gasteiger partial charge in [-0.2, -0.15) is 0 Å². The molecular formula is C13H14N4O3S. The van der Waals surface area contributed by atoms with Gasteiger partial charge in [0, 0.05) is 11.9 Å². The van der Waals surface area contributed by atoms with E-state index < -0.39 is 16.1 Å². The van der Waals surface area contributed by atoms with Gasteiger partial charge >= 0.3 is 6.03 Å². The van der Waals surface area contributed by atoms with Crippen LogP contribution in [0, 0.1) is 6.92 Å². The number of carbonyl (C=O) groups excluding carboxylic acids is 1. The van der Waals surface area contributed by atoms with Crippen molar-refractivity contribution in [3.8, 4) is 0 Å². The van der Waals surface area contributed by atoms with Gasteiger partial charge in [-0.05, 0) is 31.2 Å². The number of aryl methyl sites for hydroxylation is 1. The number of nitrogens with zero attached hydrogens (tertiary/aromatic N) is 1. The summed E-state index contributed by atoms with van der Waals surface area (Å²) in [6, 6.07) is 8.97. The van der Waals surface area contributed by atoms with Gasteiger partial charge in [0.2, 0.25) is 0 Å². The van der Waals surface area contributed by atoms with E-state index in [4.69, 9.17) is 5.73 Å². The molecule has 0 radical (unpaired) electrons. The van der Waals surface area contributed by atoms with Crippen LogP contribution in [-0.4, -0.2) is 19.4 Å². The van der Waals surface area contributed by atoms with E-state index in [1.165, 1.54) is 18.3 Å². The number of benzene rings is 1. The molecule has 2 aromatic rings. The number of sulfonamides is 1. The summed E-state index contributed by atoms with van der Waals surface area (Å²) >= 11 is 0. The van der Waals surface area contributed by atoms with Crippen LogP contribution >= 0.6 is 0 Å². The highest BCUT2D eigenvalue weighted by Gasteiger charge is 2.20. The maximum absolute atomic E-state index is 12.0. The molecule has 1 heterocycles. The fourth-order valence-electron chi connectivity index (χ4n) is 1.66. The molecule has 0 bridgehead atoms. The molecule has 0 aliphatic carbocycles. The van der Waals surface area contributed by atoms with E-state index in [2.05, 4.69) is 10.3 Å². The van der Waals surface area contributed by atoms with Crippen LogP contribution in [0.15, 0.2) is 47.5 Å². The van der Waals surface area contributed by atoms with Crippen molar-refractivity contribution in [3.05, 3.63) is 48.2 Å². The van der Waals surface area contributed by atoms with Crippen LogP contribution in [0.1, 0.15) is 5.56 Å². The fraction of sp³-hybridized carbons (Fsp3) is 0.0769. The predicted molar refractivity (Wildman–Crippen MR) is 78.6 cm³/mol. The molecule has 0 unspecified atom stereocenters. The first-order chi connectivity index (χ1) is 9.88. The zero-order valence-electron chi connectivity index (χ0n) is 11.2. The Morgan fingerprint density at radius 2 is 1.86 bits per heavy atom. The van der Waals surface area contributed by atoms with Crippen LogP contribution in [0.4, 0.5) is 16.3 Å². The number of primary amides is 1. The first-order valence-corrected chi connectivity index (χ1v) is 7.48. The summed E-state index contributed by atoms with van der Waals surface area (Å²) in [5.74, 6) is 0.107. The second kappa shape index (κ2) is 5.80. The second-order valence-electron chi connectivity index (χ2n) is 4.31. The molecule has 21 heavy (non-hydrogen) atoms. The Morgan fingerprint density at radius 1 is 1.19 bits per heavy atom. The number of hydrogen-bond acceptors (Lipinski definition) is 5. The molecule has 2 amide bonds. The number of anilines is 2. The first kappa shape index (κ1) is 14.8. The summed E-state index contributed by atoms with van der Waals surface area (Å²) in [5.41, 5.74) is 6.61. The first-order valence-electron chi connectivity index (χ1n) is 5.99. The van der Waals surface area contributed by atoms with E-state index in [9.17, 15) is 13.2 Å². The van der Waals surface area contributed by atoms with Crippen molar-refractivity contribution in [3.63, 3.8) is 0 Å². The van der Waals surface area contributed by atoms with Crippen LogP contribution in [0.25, 0.3) is 0 Å². The molecule has 4 N–H and O–H groups in total. The Labute approximate surface area is 122 Å². The summed E-state index contributed by atoms with van der Waals surface area (Å²) in [5, 5.41) is 2.90. The number of rotatable bonds is 4. The molecule has 0 aliphatic heterocycles. The Morgan fingerprint density at radius 3 is 2.48 bits per heavy atom. The van der Waals surface area contributed by atoms with E-state index in [-0.39, 0.29) is 10.7 Å². The molecule has 7 nitrogen and oxygen atoms in total. The van der Waals surface area contributed by atoms with Crippen LogP contribution in [0.5, 0.6) is 0 Å². The number of hydrogen-bond donors (Lipinski definition) is 3. The van der Waals surface area contributed by atoms with Gasteiger partial charge in [-0.15, -0.1) is 0 Å². The summed E-state index contributed by atoms with van der Waals surface area (Å²) < 4.78 is 25.7. The average molecular weight is 306 g/mol. The topological polar surface area (TPSA) is 114 Å². The Kier molecular flexibility index (Phi) is 4.08. The lowest BCUT2D eigenvalue weighted by Crippen LogP contribution is -2.35. The Balaban J connectivity index is 2.37.